The fraction of sp³-hybridized carbons (Fsp3) is 0.462. The van der Waals surface area contributed by atoms with Crippen LogP contribution in [0.4, 0.5) is 0 Å². The van der Waals surface area contributed by atoms with Gasteiger partial charge in [-0.25, -0.2) is 0 Å². The first-order valence-electron chi connectivity index (χ1n) is 6.11. The number of nitrogens with zero attached hydrogens (tertiary/aromatic N) is 2. The van der Waals surface area contributed by atoms with Crippen LogP contribution in [0.25, 0.3) is 0 Å². The SMILES string of the molecule is CCn1nccc1C(O)c1cc2c(s1)CCC2. The van der Waals surface area contributed by atoms with Gasteiger partial charge in [0.1, 0.15) is 6.10 Å². The van der Waals surface area contributed by atoms with Crippen LogP contribution in [0.5, 0.6) is 0 Å². The van der Waals surface area contributed by atoms with E-state index in [9.17, 15) is 5.11 Å². The number of hydrogen-bond donors (Lipinski definition) is 1. The van der Waals surface area contributed by atoms with Crippen molar-refractivity contribution in [3.63, 3.8) is 0 Å². The van der Waals surface area contributed by atoms with E-state index in [4.69, 9.17) is 0 Å². The molecule has 0 saturated heterocycles. The van der Waals surface area contributed by atoms with Gasteiger partial charge in [0.2, 0.25) is 0 Å². The monoisotopic (exact) mass is 248 g/mol. The van der Waals surface area contributed by atoms with E-state index in [2.05, 4.69) is 11.2 Å². The highest BCUT2D eigenvalue weighted by molar-refractivity contribution is 7.12. The van der Waals surface area contributed by atoms with Crippen molar-refractivity contribution in [3.05, 3.63) is 39.3 Å². The number of aryl methyl sites for hydroxylation is 3. The molecule has 1 atom stereocenters. The highest BCUT2D eigenvalue weighted by atomic mass is 32.1. The summed E-state index contributed by atoms with van der Waals surface area (Å²) < 4.78 is 1.86. The lowest BCUT2D eigenvalue weighted by atomic mass is 10.2. The smallest absolute Gasteiger partial charge is 0.130 e. The predicted molar refractivity (Wildman–Crippen MR) is 68.3 cm³/mol. The molecule has 3 rings (SSSR count). The third-order valence-electron chi connectivity index (χ3n) is 3.36. The average molecular weight is 248 g/mol. The maximum absolute atomic E-state index is 10.4. The Bertz CT molecular complexity index is 508. The van der Waals surface area contributed by atoms with Crippen LogP contribution in [-0.4, -0.2) is 14.9 Å². The fourth-order valence-electron chi connectivity index (χ4n) is 2.47. The van der Waals surface area contributed by atoms with Crippen molar-refractivity contribution in [2.24, 2.45) is 0 Å². The van der Waals surface area contributed by atoms with E-state index in [-0.39, 0.29) is 0 Å². The number of rotatable bonds is 3. The van der Waals surface area contributed by atoms with Crippen LogP contribution >= 0.6 is 11.3 Å². The molecular formula is C13H16N2OS. The normalized spacial score (nSPS) is 16.1. The summed E-state index contributed by atoms with van der Waals surface area (Å²) in [7, 11) is 0. The summed E-state index contributed by atoms with van der Waals surface area (Å²) in [6, 6.07) is 4.07. The molecule has 0 amide bonds. The topological polar surface area (TPSA) is 38.0 Å². The molecule has 90 valence electrons. The van der Waals surface area contributed by atoms with Crippen molar-refractivity contribution in [3.8, 4) is 0 Å². The Morgan fingerprint density at radius 3 is 3.18 bits per heavy atom. The molecule has 2 aromatic rings. The van der Waals surface area contributed by atoms with E-state index in [0.29, 0.717) is 0 Å². The van der Waals surface area contributed by atoms with Gasteiger partial charge in [-0.05, 0) is 43.9 Å². The fourth-order valence-corrected chi connectivity index (χ4v) is 3.73. The lowest BCUT2D eigenvalue weighted by molar-refractivity contribution is 0.211. The van der Waals surface area contributed by atoms with E-state index in [1.165, 1.54) is 29.7 Å². The maximum atomic E-state index is 10.4. The average Bonchev–Trinajstić information content (AvgIpc) is 3.02. The van der Waals surface area contributed by atoms with E-state index in [1.54, 1.807) is 17.5 Å². The summed E-state index contributed by atoms with van der Waals surface area (Å²) in [5, 5.41) is 14.6. The molecule has 0 aromatic carbocycles. The molecule has 4 heteroatoms. The Morgan fingerprint density at radius 1 is 1.53 bits per heavy atom. The van der Waals surface area contributed by atoms with Crippen LogP contribution < -0.4 is 0 Å². The number of aliphatic hydroxyl groups excluding tert-OH is 1. The molecule has 0 bridgehead atoms. The first-order valence-corrected chi connectivity index (χ1v) is 6.92. The minimum atomic E-state index is -0.520. The second-order valence-corrected chi connectivity index (χ2v) is 5.59. The minimum absolute atomic E-state index is 0.520. The van der Waals surface area contributed by atoms with Crippen LogP contribution in [-0.2, 0) is 19.4 Å². The molecule has 0 spiro atoms. The van der Waals surface area contributed by atoms with Crippen LogP contribution in [0, 0.1) is 0 Å². The zero-order valence-electron chi connectivity index (χ0n) is 9.89. The van der Waals surface area contributed by atoms with Gasteiger partial charge >= 0.3 is 0 Å². The summed E-state index contributed by atoms with van der Waals surface area (Å²) in [5.41, 5.74) is 2.33. The first-order chi connectivity index (χ1) is 8.29. The van der Waals surface area contributed by atoms with Crippen molar-refractivity contribution in [2.75, 3.05) is 0 Å². The second-order valence-electron chi connectivity index (χ2n) is 4.43. The van der Waals surface area contributed by atoms with Gasteiger partial charge in [-0.2, -0.15) is 5.10 Å². The molecule has 1 N–H and O–H groups in total. The summed E-state index contributed by atoms with van der Waals surface area (Å²) in [4.78, 5) is 2.52. The predicted octanol–water partition coefficient (Wildman–Crippen LogP) is 2.53. The van der Waals surface area contributed by atoms with Crippen molar-refractivity contribution in [2.45, 2.75) is 38.8 Å². The summed E-state index contributed by atoms with van der Waals surface area (Å²) in [5.74, 6) is 0. The van der Waals surface area contributed by atoms with E-state index in [1.807, 2.05) is 17.7 Å². The highest BCUT2D eigenvalue weighted by Crippen LogP contribution is 2.35. The largest absolute Gasteiger partial charge is 0.381 e. The lowest BCUT2D eigenvalue weighted by Gasteiger charge is -2.10. The Balaban J connectivity index is 1.93. The van der Waals surface area contributed by atoms with Gasteiger partial charge in [0.05, 0.1) is 5.69 Å². The third kappa shape index (κ3) is 1.81. The van der Waals surface area contributed by atoms with Gasteiger partial charge in [-0.1, -0.05) is 0 Å². The summed E-state index contributed by atoms with van der Waals surface area (Å²) in [6.45, 7) is 2.84. The van der Waals surface area contributed by atoms with Gasteiger partial charge in [0.15, 0.2) is 0 Å². The summed E-state index contributed by atoms with van der Waals surface area (Å²) in [6.07, 6.45) is 4.85. The van der Waals surface area contributed by atoms with Crippen molar-refractivity contribution >= 4 is 11.3 Å². The standard InChI is InChI=1S/C13H16N2OS/c1-2-15-10(6-7-14-15)13(16)12-8-9-4-3-5-11(9)17-12/h6-8,13,16H,2-5H2,1H3. The maximum Gasteiger partial charge on any atom is 0.130 e. The van der Waals surface area contributed by atoms with Gasteiger partial charge in [0.25, 0.3) is 0 Å². The van der Waals surface area contributed by atoms with Gasteiger partial charge in [-0.15, -0.1) is 11.3 Å². The Labute approximate surface area is 105 Å². The van der Waals surface area contributed by atoms with Crippen molar-refractivity contribution in [1.29, 1.82) is 0 Å². The zero-order chi connectivity index (χ0) is 11.8. The molecule has 17 heavy (non-hydrogen) atoms. The quantitative estimate of drug-likeness (QED) is 0.906. The van der Waals surface area contributed by atoms with Crippen molar-refractivity contribution in [1.82, 2.24) is 9.78 Å². The molecule has 0 aliphatic heterocycles. The minimum Gasteiger partial charge on any atom is -0.381 e. The van der Waals surface area contributed by atoms with Crippen LogP contribution in [0.3, 0.4) is 0 Å². The molecule has 2 heterocycles. The van der Waals surface area contributed by atoms with Crippen LogP contribution in [0.1, 0.15) is 40.5 Å². The Hall–Kier alpha value is -1.13. The van der Waals surface area contributed by atoms with E-state index < -0.39 is 6.10 Å². The van der Waals surface area contributed by atoms with E-state index >= 15 is 0 Å². The molecule has 1 aliphatic rings. The molecular weight excluding hydrogens is 232 g/mol. The second kappa shape index (κ2) is 4.27. The van der Waals surface area contributed by atoms with Gasteiger partial charge in [0, 0.05) is 22.5 Å². The number of aromatic nitrogens is 2. The van der Waals surface area contributed by atoms with Gasteiger partial charge < -0.3 is 5.11 Å². The lowest BCUT2D eigenvalue weighted by Crippen LogP contribution is -2.07. The molecule has 0 fully saturated rings. The molecule has 1 unspecified atom stereocenters. The van der Waals surface area contributed by atoms with Crippen LogP contribution in [0.15, 0.2) is 18.3 Å². The highest BCUT2D eigenvalue weighted by Gasteiger charge is 2.21. The molecule has 0 radical (unpaired) electrons. The molecule has 0 saturated carbocycles. The molecule has 2 aromatic heterocycles. The molecule has 1 aliphatic carbocycles. The zero-order valence-corrected chi connectivity index (χ0v) is 10.7. The number of thiophene rings is 1. The Kier molecular flexibility index (Phi) is 2.76. The number of aliphatic hydroxyl groups is 1. The number of fused-ring (bicyclic) bond motifs is 1. The van der Waals surface area contributed by atoms with Crippen molar-refractivity contribution < 1.29 is 5.11 Å². The summed E-state index contributed by atoms with van der Waals surface area (Å²) >= 11 is 1.76. The number of hydrogen-bond acceptors (Lipinski definition) is 3. The van der Waals surface area contributed by atoms with Crippen LogP contribution in [0.2, 0.25) is 0 Å². The van der Waals surface area contributed by atoms with E-state index in [0.717, 1.165) is 17.1 Å². The third-order valence-corrected chi connectivity index (χ3v) is 4.65. The first kappa shape index (κ1) is 11.0. The van der Waals surface area contributed by atoms with Gasteiger partial charge in [-0.3, -0.25) is 4.68 Å². The Morgan fingerprint density at radius 2 is 2.41 bits per heavy atom. The molecule has 3 nitrogen and oxygen atoms in total.